The molecular formula is C23H20F2N4O. The molecule has 0 saturated heterocycles. The highest BCUT2D eigenvalue weighted by molar-refractivity contribution is 5.76. The van der Waals surface area contributed by atoms with Crippen LogP contribution in [0.4, 0.5) is 8.78 Å². The Hall–Kier alpha value is -3.61. The molecule has 7 heteroatoms. The van der Waals surface area contributed by atoms with Gasteiger partial charge < -0.3 is 9.88 Å². The maximum Gasteiger partial charge on any atom is 0.220 e. The summed E-state index contributed by atoms with van der Waals surface area (Å²) in [4.78, 5) is 21.4. The van der Waals surface area contributed by atoms with Crippen LogP contribution >= 0.6 is 0 Å². The molecule has 0 spiro atoms. The number of pyridine rings is 1. The molecule has 2 aromatic heterocycles. The monoisotopic (exact) mass is 406 g/mol. The summed E-state index contributed by atoms with van der Waals surface area (Å²) in [6.45, 7) is 0.826. The van der Waals surface area contributed by atoms with Gasteiger partial charge in [0.2, 0.25) is 5.91 Å². The summed E-state index contributed by atoms with van der Waals surface area (Å²) in [5.74, 6) is 0.0294. The van der Waals surface area contributed by atoms with E-state index in [1.54, 1.807) is 30.5 Å². The fourth-order valence-electron chi connectivity index (χ4n) is 3.25. The topological polar surface area (TPSA) is 59.8 Å². The van der Waals surface area contributed by atoms with E-state index in [2.05, 4.69) is 15.3 Å². The number of carbonyl (C=O) groups is 1. The average Bonchev–Trinajstić information content (AvgIpc) is 3.11. The first kappa shape index (κ1) is 19.7. The molecule has 0 atom stereocenters. The number of imidazole rings is 1. The third-order valence-electron chi connectivity index (χ3n) is 4.82. The Kier molecular flexibility index (Phi) is 5.79. The number of carbonyl (C=O) groups excluding carboxylic acids is 1. The zero-order valence-electron chi connectivity index (χ0n) is 16.2. The van der Waals surface area contributed by atoms with Crippen LogP contribution in [0.3, 0.4) is 0 Å². The van der Waals surface area contributed by atoms with Crippen molar-refractivity contribution in [2.24, 2.45) is 0 Å². The molecule has 4 rings (SSSR count). The Morgan fingerprint density at radius 2 is 1.60 bits per heavy atom. The van der Waals surface area contributed by atoms with Crippen molar-refractivity contribution >= 4 is 17.1 Å². The van der Waals surface area contributed by atoms with Crippen molar-refractivity contribution in [1.29, 1.82) is 0 Å². The van der Waals surface area contributed by atoms with Crippen LogP contribution in [0.2, 0.25) is 0 Å². The van der Waals surface area contributed by atoms with Gasteiger partial charge in [0, 0.05) is 25.6 Å². The Morgan fingerprint density at radius 3 is 2.30 bits per heavy atom. The van der Waals surface area contributed by atoms with Crippen molar-refractivity contribution in [3.05, 3.63) is 95.4 Å². The Labute approximate surface area is 172 Å². The Balaban J connectivity index is 1.45. The minimum Gasteiger partial charge on any atom is -0.352 e. The molecule has 0 fully saturated rings. The van der Waals surface area contributed by atoms with E-state index in [1.807, 2.05) is 16.7 Å². The van der Waals surface area contributed by atoms with Gasteiger partial charge in [-0.3, -0.25) is 4.79 Å². The maximum absolute atomic E-state index is 13.2. The van der Waals surface area contributed by atoms with Crippen LogP contribution in [0.1, 0.15) is 23.4 Å². The summed E-state index contributed by atoms with van der Waals surface area (Å²) in [5.41, 5.74) is 3.23. The maximum atomic E-state index is 13.2. The van der Waals surface area contributed by atoms with Gasteiger partial charge in [0.05, 0.1) is 6.54 Å². The lowest BCUT2D eigenvalue weighted by molar-refractivity contribution is -0.121. The van der Waals surface area contributed by atoms with E-state index >= 15 is 0 Å². The van der Waals surface area contributed by atoms with Crippen molar-refractivity contribution in [3.63, 3.8) is 0 Å². The lowest BCUT2D eigenvalue weighted by atomic mass is 10.2. The quantitative estimate of drug-likeness (QED) is 0.505. The number of hydrogen-bond donors (Lipinski definition) is 1. The third kappa shape index (κ3) is 4.68. The highest BCUT2D eigenvalue weighted by Crippen LogP contribution is 2.17. The largest absolute Gasteiger partial charge is 0.352 e. The minimum atomic E-state index is -0.307. The molecule has 5 nitrogen and oxygen atoms in total. The number of aryl methyl sites for hydroxylation is 1. The van der Waals surface area contributed by atoms with Crippen LogP contribution in [0.25, 0.3) is 11.2 Å². The van der Waals surface area contributed by atoms with E-state index < -0.39 is 0 Å². The summed E-state index contributed by atoms with van der Waals surface area (Å²) in [6, 6.07) is 16.0. The van der Waals surface area contributed by atoms with E-state index in [1.165, 1.54) is 24.3 Å². The summed E-state index contributed by atoms with van der Waals surface area (Å²) >= 11 is 0. The first-order valence-corrected chi connectivity index (χ1v) is 9.64. The summed E-state index contributed by atoms with van der Waals surface area (Å²) in [7, 11) is 0. The lowest BCUT2D eigenvalue weighted by Crippen LogP contribution is -2.23. The molecule has 30 heavy (non-hydrogen) atoms. The molecule has 1 N–H and O–H groups in total. The molecule has 2 aromatic carbocycles. The van der Waals surface area contributed by atoms with Crippen LogP contribution < -0.4 is 5.32 Å². The van der Waals surface area contributed by atoms with Crippen molar-refractivity contribution in [1.82, 2.24) is 19.9 Å². The van der Waals surface area contributed by atoms with Crippen LogP contribution in [0.5, 0.6) is 0 Å². The van der Waals surface area contributed by atoms with E-state index in [0.717, 1.165) is 28.1 Å². The van der Waals surface area contributed by atoms with Crippen LogP contribution in [-0.4, -0.2) is 20.4 Å². The fourth-order valence-corrected chi connectivity index (χ4v) is 3.25. The second kappa shape index (κ2) is 8.82. The molecular weight excluding hydrogens is 386 g/mol. The number of rotatable bonds is 7. The van der Waals surface area contributed by atoms with Crippen molar-refractivity contribution < 1.29 is 13.6 Å². The smallest absolute Gasteiger partial charge is 0.220 e. The van der Waals surface area contributed by atoms with Crippen LogP contribution in [0.15, 0.2) is 66.9 Å². The number of aromatic nitrogens is 3. The summed E-state index contributed by atoms with van der Waals surface area (Å²) in [5, 5.41) is 2.84. The molecule has 0 aliphatic heterocycles. The Bertz CT molecular complexity index is 1150. The molecule has 0 saturated carbocycles. The molecule has 0 aliphatic rings. The van der Waals surface area contributed by atoms with Crippen molar-refractivity contribution in [3.8, 4) is 0 Å². The number of nitrogens with one attached hydrogen (secondary N) is 1. The number of amides is 1. The molecule has 2 heterocycles. The molecule has 152 valence electrons. The Morgan fingerprint density at radius 1 is 0.933 bits per heavy atom. The van der Waals surface area contributed by atoms with Gasteiger partial charge in [-0.25, -0.2) is 18.7 Å². The van der Waals surface area contributed by atoms with E-state index in [4.69, 9.17) is 0 Å². The van der Waals surface area contributed by atoms with Gasteiger partial charge in [0.25, 0.3) is 0 Å². The number of hydrogen-bond acceptors (Lipinski definition) is 3. The molecule has 0 bridgehead atoms. The van der Waals surface area contributed by atoms with Crippen LogP contribution in [-0.2, 0) is 24.3 Å². The summed E-state index contributed by atoms with van der Waals surface area (Å²) in [6.07, 6.45) is 2.39. The van der Waals surface area contributed by atoms with Crippen LogP contribution in [0, 0.1) is 11.6 Å². The fraction of sp³-hybridized carbons (Fsp3) is 0.174. The average molecular weight is 406 g/mol. The molecule has 0 aliphatic carbocycles. The van der Waals surface area contributed by atoms with Gasteiger partial charge in [-0.2, -0.15) is 0 Å². The van der Waals surface area contributed by atoms with Crippen molar-refractivity contribution in [2.45, 2.75) is 25.9 Å². The minimum absolute atomic E-state index is 0.118. The van der Waals surface area contributed by atoms with E-state index in [0.29, 0.717) is 19.5 Å². The second-order valence-corrected chi connectivity index (χ2v) is 6.99. The third-order valence-corrected chi connectivity index (χ3v) is 4.82. The van der Waals surface area contributed by atoms with Gasteiger partial charge in [0.15, 0.2) is 5.65 Å². The zero-order chi connectivity index (χ0) is 20.9. The van der Waals surface area contributed by atoms with Gasteiger partial charge in [0.1, 0.15) is 23.0 Å². The number of nitrogens with zero attached hydrogens (tertiary/aromatic N) is 3. The van der Waals surface area contributed by atoms with E-state index in [-0.39, 0.29) is 24.0 Å². The predicted octanol–water partition coefficient (Wildman–Crippen LogP) is 4.01. The standard InChI is InChI=1S/C23H20F2N4O/c24-18-7-3-16(4-8-18)14-27-22(30)12-11-21-28-20-2-1-13-26-23(20)29(21)15-17-5-9-19(25)10-6-17/h1-10,13H,11-12,14-15H2,(H,27,30). The summed E-state index contributed by atoms with van der Waals surface area (Å²) < 4.78 is 28.2. The van der Waals surface area contributed by atoms with Crippen molar-refractivity contribution in [2.75, 3.05) is 0 Å². The number of fused-ring (bicyclic) bond motifs is 1. The van der Waals surface area contributed by atoms with E-state index in [9.17, 15) is 13.6 Å². The van der Waals surface area contributed by atoms with Gasteiger partial charge >= 0.3 is 0 Å². The van der Waals surface area contributed by atoms with Gasteiger partial charge in [-0.1, -0.05) is 24.3 Å². The van der Waals surface area contributed by atoms with Gasteiger partial charge in [-0.05, 0) is 47.5 Å². The number of benzene rings is 2. The number of halogens is 2. The molecule has 4 aromatic rings. The zero-order valence-corrected chi connectivity index (χ0v) is 16.2. The highest BCUT2D eigenvalue weighted by atomic mass is 19.1. The SMILES string of the molecule is O=C(CCc1nc2cccnc2n1Cc1ccc(F)cc1)NCc1ccc(F)cc1. The lowest BCUT2D eigenvalue weighted by Gasteiger charge is -2.09. The second-order valence-electron chi connectivity index (χ2n) is 6.99. The van der Waals surface area contributed by atoms with Gasteiger partial charge in [-0.15, -0.1) is 0 Å². The first-order chi connectivity index (χ1) is 14.6. The molecule has 0 radical (unpaired) electrons. The molecule has 0 unspecified atom stereocenters. The molecule has 1 amide bonds. The first-order valence-electron chi connectivity index (χ1n) is 9.64. The predicted molar refractivity (Wildman–Crippen MR) is 110 cm³/mol. The highest BCUT2D eigenvalue weighted by Gasteiger charge is 2.14. The normalized spacial score (nSPS) is 11.0.